The fraction of sp³-hybridized carbons (Fsp3) is 0.116. The van der Waals surface area contributed by atoms with Gasteiger partial charge < -0.3 is 14.2 Å². The van der Waals surface area contributed by atoms with Crippen LogP contribution in [0, 0.1) is 11.6 Å². The monoisotopic (exact) mass is 672 g/mol. The summed E-state index contributed by atoms with van der Waals surface area (Å²) in [4.78, 5) is 4.43. The fourth-order valence-corrected chi connectivity index (χ4v) is 9.30. The molecule has 0 saturated heterocycles. The molecule has 10 rings (SSSR count). The Morgan fingerprint density at radius 2 is 1.44 bits per heavy atom. The second kappa shape index (κ2) is 10.6. The Morgan fingerprint density at radius 1 is 0.680 bits per heavy atom. The van der Waals surface area contributed by atoms with E-state index in [4.69, 9.17) is 4.42 Å². The van der Waals surface area contributed by atoms with Crippen LogP contribution in [0.3, 0.4) is 0 Å². The minimum absolute atomic E-state index is 0.0634. The number of rotatable bonds is 4. The summed E-state index contributed by atoms with van der Waals surface area (Å²) in [5, 5.41) is 3.47. The molecule has 2 aromatic heterocycles. The predicted molar refractivity (Wildman–Crippen MR) is 206 cm³/mol. The van der Waals surface area contributed by atoms with E-state index in [0.717, 1.165) is 62.4 Å². The van der Waals surface area contributed by atoms with Crippen molar-refractivity contribution in [1.82, 2.24) is 0 Å². The van der Waals surface area contributed by atoms with E-state index in [9.17, 15) is 4.39 Å². The van der Waals surface area contributed by atoms with Gasteiger partial charge in [-0.15, -0.1) is 11.3 Å². The van der Waals surface area contributed by atoms with Crippen molar-refractivity contribution < 1.29 is 13.2 Å². The van der Waals surface area contributed by atoms with E-state index in [-0.39, 0.29) is 23.8 Å². The van der Waals surface area contributed by atoms with Gasteiger partial charge in [0.05, 0.1) is 6.26 Å². The number of hydrogen-bond acceptors (Lipinski definition) is 4. The number of halogens is 2. The summed E-state index contributed by atoms with van der Waals surface area (Å²) in [5.41, 5.74) is 11.3. The van der Waals surface area contributed by atoms with Crippen molar-refractivity contribution in [2.75, 3.05) is 9.80 Å². The van der Waals surface area contributed by atoms with Gasteiger partial charge in [0.25, 0.3) is 6.71 Å². The quantitative estimate of drug-likeness (QED) is 0.174. The minimum atomic E-state index is -0.288. The van der Waals surface area contributed by atoms with E-state index in [2.05, 4.69) is 91.2 Å². The highest BCUT2D eigenvalue weighted by Crippen LogP contribution is 2.47. The van der Waals surface area contributed by atoms with Crippen molar-refractivity contribution in [2.45, 2.75) is 32.6 Å². The van der Waals surface area contributed by atoms with Crippen LogP contribution >= 0.6 is 11.3 Å². The molecule has 3 nitrogen and oxygen atoms in total. The SMILES string of the molecule is CCC(C)(C)c1ccc2c(c1)sc1ccc3c(c12)B1c2cc4ccoc4cc2N(c2ccc(F)cc2)c2cccc(c21)N3c1cccc(F)c1. The Balaban J connectivity index is 1.35. The van der Waals surface area contributed by atoms with Crippen LogP contribution in [-0.2, 0) is 5.41 Å². The minimum Gasteiger partial charge on any atom is -0.464 e. The van der Waals surface area contributed by atoms with E-state index in [0.29, 0.717) is 0 Å². The highest BCUT2D eigenvalue weighted by molar-refractivity contribution is 7.26. The molecular weight excluding hydrogens is 641 g/mol. The van der Waals surface area contributed by atoms with Crippen LogP contribution < -0.4 is 26.2 Å². The molecule has 0 unspecified atom stereocenters. The zero-order chi connectivity index (χ0) is 33.9. The number of anilines is 6. The van der Waals surface area contributed by atoms with Gasteiger partial charge in [-0.2, -0.15) is 0 Å². The lowest BCUT2D eigenvalue weighted by Crippen LogP contribution is -2.61. The van der Waals surface area contributed by atoms with E-state index in [1.807, 2.05) is 35.6 Å². The molecule has 8 aromatic rings. The maximum atomic E-state index is 15.0. The van der Waals surface area contributed by atoms with Gasteiger partial charge in [-0.25, -0.2) is 8.78 Å². The summed E-state index contributed by atoms with van der Waals surface area (Å²) in [7, 11) is 0. The molecule has 242 valence electrons. The third-order valence-corrected chi connectivity index (χ3v) is 12.1. The molecule has 0 spiro atoms. The summed E-state index contributed by atoms with van der Waals surface area (Å²) in [6, 6.07) is 37.7. The summed E-state index contributed by atoms with van der Waals surface area (Å²) < 4.78 is 37.8. The molecule has 7 heteroatoms. The molecule has 0 atom stereocenters. The number of fused-ring (bicyclic) bond motifs is 9. The van der Waals surface area contributed by atoms with Crippen LogP contribution in [0.15, 0.2) is 126 Å². The van der Waals surface area contributed by atoms with Gasteiger partial charge in [0.2, 0.25) is 0 Å². The fourth-order valence-electron chi connectivity index (χ4n) is 8.14. The zero-order valence-corrected chi connectivity index (χ0v) is 28.6. The maximum Gasteiger partial charge on any atom is 0.253 e. The van der Waals surface area contributed by atoms with Crippen LogP contribution in [0.4, 0.5) is 42.9 Å². The first-order valence-corrected chi connectivity index (χ1v) is 17.9. The van der Waals surface area contributed by atoms with Crippen LogP contribution in [0.5, 0.6) is 0 Å². The first-order chi connectivity index (χ1) is 24.3. The topological polar surface area (TPSA) is 19.6 Å². The molecule has 0 fully saturated rings. The van der Waals surface area contributed by atoms with Gasteiger partial charge in [-0.05, 0) is 123 Å². The average Bonchev–Trinajstić information content (AvgIpc) is 3.75. The molecule has 2 aliphatic rings. The van der Waals surface area contributed by atoms with Gasteiger partial charge in [0.15, 0.2) is 0 Å². The first-order valence-electron chi connectivity index (χ1n) is 17.1. The third-order valence-electron chi connectivity index (χ3n) is 11.0. The average molecular weight is 673 g/mol. The number of hydrogen-bond donors (Lipinski definition) is 0. The third kappa shape index (κ3) is 4.13. The van der Waals surface area contributed by atoms with Crippen molar-refractivity contribution in [2.24, 2.45) is 0 Å². The molecule has 0 radical (unpaired) electrons. The molecule has 50 heavy (non-hydrogen) atoms. The molecule has 0 amide bonds. The normalized spacial score (nSPS) is 13.7. The second-order valence-corrected chi connectivity index (χ2v) is 15.1. The van der Waals surface area contributed by atoms with Gasteiger partial charge in [0.1, 0.15) is 17.2 Å². The van der Waals surface area contributed by atoms with E-state index in [1.165, 1.54) is 49.4 Å². The first kappa shape index (κ1) is 29.5. The van der Waals surface area contributed by atoms with Gasteiger partial charge in [-0.1, -0.05) is 51.1 Å². The summed E-state index contributed by atoms with van der Waals surface area (Å²) >= 11 is 1.84. The maximum absolute atomic E-state index is 15.0. The van der Waals surface area contributed by atoms with Crippen molar-refractivity contribution in [3.63, 3.8) is 0 Å². The summed E-state index contributed by atoms with van der Waals surface area (Å²) in [5.74, 6) is -0.575. The van der Waals surface area contributed by atoms with Crippen molar-refractivity contribution in [3.05, 3.63) is 139 Å². The lowest BCUT2D eigenvalue weighted by molar-refractivity contribution is 0.507. The van der Waals surface area contributed by atoms with Crippen LogP contribution in [0.1, 0.15) is 32.8 Å². The van der Waals surface area contributed by atoms with Crippen LogP contribution in [0.2, 0.25) is 0 Å². The van der Waals surface area contributed by atoms with Crippen molar-refractivity contribution in [1.29, 1.82) is 0 Å². The predicted octanol–water partition coefficient (Wildman–Crippen LogP) is 10.8. The smallest absolute Gasteiger partial charge is 0.253 e. The molecule has 6 aromatic carbocycles. The molecule has 0 aliphatic carbocycles. The van der Waals surface area contributed by atoms with Crippen molar-refractivity contribution >= 4 is 99.7 Å². The Morgan fingerprint density at radius 3 is 2.22 bits per heavy atom. The van der Waals surface area contributed by atoms with E-state index in [1.54, 1.807) is 18.4 Å². The van der Waals surface area contributed by atoms with Gasteiger partial charge in [0, 0.05) is 55.0 Å². The van der Waals surface area contributed by atoms with E-state index < -0.39 is 0 Å². The molecular formula is C43H31BF2N2OS. The lowest BCUT2D eigenvalue weighted by Gasteiger charge is -2.44. The van der Waals surface area contributed by atoms with Crippen LogP contribution in [-0.4, -0.2) is 6.71 Å². The zero-order valence-electron chi connectivity index (χ0n) is 27.8. The number of furan rings is 1. The molecule has 4 heterocycles. The van der Waals surface area contributed by atoms with Gasteiger partial charge in [-0.3, -0.25) is 0 Å². The Kier molecular flexibility index (Phi) is 6.23. The largest absolute Gasteiger partial charge is 0.464 e. The molecule has 2 aliphatic heterocycles. The number of nitrogens with zero attached hydrogens (tertiary/aromatic N) is 2. The van der Waals surface area contributed by atoms with Crippen LogP contribution in [0.25, 0.3) is 31.1 Å². The molecule has 0 N–H and O–H groups in total. The molecule has 0 saturated carbocycles. The second-order valence-electron chi connectivity index (χ2n) is 14.1. The Labute approximate surface area is 293 Å². The number of benzene rings is 6. The Hall–Kier alpha value is -5.40. The summed E-state index contributed by atoms with van der Waals surface area (Å²) in [6.45, 7) is 6.72. The molecule has 0 bridgehead atoms. The lowest BCUT2D eigenvalue weighted by atomic mass is 9.33. The standard InChI is InChI=1S/C43H31BF2N2OS/c1-4-43(2,3)26-11-16-31-39(22-26)50-38-18-17-35-42(40(31)38)44-32-21-25-19-20-49-37(25)24-36(32)47(29-14-12-27(45)13-15-29)33-9-6-10-34(41(33)44)48(35)30-8-5-7-28(46)23-30/h5-24H,4H2,1-3H3. The Bertz CT molecular complexity index is 2680. The van der Waals surface area contributed by atoms with E-state index >= 15 is 4.39 Å². The number of thiophene rings is 1. The highest BCUT2D eigenvalue weighted by atomic mass is 32.1. The van der Waals surface area contributed by atoms with Crippen molar-refractivity contribution in [3.8, 4) is 0 Å². The summed E-state index contributed by atoms with van der Waals surface area (Å²) in [6.07, 6.45) is 2.78. The van der Waals surface area contributed by atoms with Gasteiger partial charge >= 0.3 is 0 Å². The highest BCUT2D eigenvalue weighted by Gasteiger charge is 2.44.